The lowest BCUT2D eigenvalue weighted by Crippen LogP contribution is -2.28. The lowest BCUT2D eigenvalue weighted by Gasteiger charge is -2.10. The highest BCUT2D eigenvalue weighted by Crippen LogP contribution is 2.25. The van der Waals surface area contributed by atoms with Gasteiger partial charge in [-0.3, -0.25) is 4.79 Å². The van der Waals surface area contributed by atoms with Crippen molar-refractivity contribution < 1.29 is 14.3 Å². The van der Waals surface area contributed by atoms with Gasteiger partial charge >= 0.3 is 5.97 Å². The van der Waals surface area contributed by atoms with E-state index in [1.54, 1.807) is 29.7 Å². The Balaban J connectivity index is 1.74. The van der Waals surface area contributed by atoms with E-state index in [9.17, 15) is 9.59 Å². The number of ether oxygens (including phenoxy) is 1. The van der Waals surface area contributed by atoms with Gasteiger partial charge in [-0.1, -0.05) is 23.7 Å². The minimum atomic E-state index is -0.423. The topological polar surface area (TPSA) is 60.3 Å². The van der Waals surface area contributed by atoms with Gasteiger partial charge in [0.2, 0.25) is 5.91 Å². The maximum atomic E-state index is 12.4. The zero-order valence-corrected chi connectivity index (χ0v) is 15.2. The molecule has 25 heavy (non-hydrogen) atoms. The second-order valence-electron chi connectivity index (χ2n) is 5.42. The van der Waals surface area contributed by atoms with Crippen LogP contribution in [0.2, 0.25) is 5.02 Å². The summed E-state index contributed by atoms with van der Waals surface area (Å²) < 4.78 is 6.79. The maximum Gasteiger partial charge on any atom is 0.355 e. The molecule has 0 saturated heterocycles. The highest BCUT2D eigenvalue weighted by Gasteiger charge is 2.19. The van der Waals surface area contributed by atoms with Gasteiger partial charge in [0.25, 0.3) is 0 Å². The van der Waals surface area contributed by atoms with Gasteiger partial charge in [0.05, 0.1) is 6.61 Å². The Morgan fingerprint density at radius 2 is 2.12 bits per heavy atom. The molecule has 0 radical (unpaired) electrons. The Bertz CT molecular complexity index is 916. The predicted molar refractivity (Wildman–Crippen MR) is 99.1 cm³/mol. The first-order valence-electron chi connectivity index (χ1n) is 7.83. The second kappa shape index (κ2) is 7.72. The average molecular weight is 377 g/mol. The minimum absolute atomic E-state index is 0.0543. The number of thiophene rings is 1. The summed E-state index contributed by atoms with van der Waals surface area (Å²) in [5.41, 5.74) is 1.31. The standard InChI is InChI=1S/C18H17ClN2O3S/c1-2-24-18(23)15-9-13-6-7-25-17(13)21(15)11-16(22)20-10-12-4-3-5-14(19)8-12/h3-9H,2,10-11H2,1H3,(H,20,22). The summed E-state index contributed by atoms with van der Waals surface area (Å²) >= 11 is 7.43. The van der Waals surface area contributed by atoms with Crippen molar-refractivity contribution in [2.45, 2.75) is 20.0 Å². The van der Waals surface area contributed by atoms with Crippen LogP contribution in [-0.2, 0) is 22.6 Å². The second-order valence-corrected chi connectivity index (χ2v) is 6.75. The molecule has 0 aliphatic rings. The highest BCUT2D eigenvalue weighted by molar-refractivity contribution is 7.16. The molecule has 2 heterocycles. The van der Waals surface area contributed by atoms with Crippen LogP contribution < -0.4 is 5.32 Å². The van der Waals surface area contributed by atoms with E-state index in [1.165, 1.54) is 11.3 Å². The van der Waals surface area contributed by atoms with Crippen molar-refractivity contribution in [1.29, 1.82) is 0 Å². The minimum Gasteiger partial charge on any atom is -0.461 e. The van der Waals surface area contributed by atoms with Gasteiger partial charge in [-0.05, 0) is 42.1 Å². The molecule has 1 N–H and O–H groups in total. The molecule has 130 valence electrons. The van der Waals surface area contributed by atoms with E-state index in [-0.39, 0.29) is 12.5 Å². The van der Waals surface area contributed by atoms with E-state index in [2.05, 4.69) is 5.32 Å². The molecule has 0 spiro atoms. The lowest BCUT2D eigenvalue weighted by atomic mass is 10.2. The first kappa shape index (κ1) is 17.5. The molecule has 5 nitrogen and oxygen atoms in total. The molecule has 0 bridgehead atoms. The summed E-state index contributed by atoms with van der Waals surface area (Å²) in [6, 6.07) is 11.0. The number of esters is 1. The number of nitrogens with one attached hydrogen (secondary N) is 1. The quantitative estimate of drug-likeness (QED) is 0.665. The molecular formula is C18H17ClN2O3S. The Labute approximate surface area is 154 Å². The summed E-state index contributed by atoms with van der Waals surface area (Å²) in [7, 11) is 0. The molecule has 0 aliphatic carbocycles. The molecule has 2 aromatic heterocycles. The monoisotopic (exact) mass is 376 g/mol. The molecule has 1 amide bonds. The van der Waals surface area contributed by atoms with E-state index in [1.807, 2.05) is 23.6 Å². The van der Waals surface area contributed by atoms with Gasteiger partial charge in [-0.15, -0.1) is 11.3 Å². The SMILES string of the molecule is CCOC(=O)c1cc2ccsc2n1CC(=O)NCc1cccc(Cl)c1. The van der Waals surface area contributed by atoms with Crippen LogP contribution in [0, 0.1) is 0 Å². The summed E-state index contributed by atoms with van der Waals surface area (Å²) in [5, 5.41) is 6.34. The normalized spacial score (nSPS) is 10.8. The molecule has 0 saturated carbocycles. The molecule has 0 unspecified atom stereocenters. The fourth-order valence-electron chi connectivity index (χ4n) is 2.55. The van der Waals surface area contributed by atoms with Crippen molar-refractivity contribution >= 4 is 45.0 Å². The predicted octanol–water partition coefficient (Wildman–Crippen LogP) is 3.85. The summed E-state index contributed by atoms with van der Waals surface area (Å²) in [5.74, 6) is -0.607. The van der Waals surface area contributed by atoms with Gasteiger partial charge in [-0.2, -0.15) is 0 Å². The molecule has 3 aromatic rings. The number of rotatable bonds is 6. The number of aromatic nitrogens is 1. The fourth-order valence-corrected chi connectivity index (χ4v) is 3.66. The van der Waals surface area contributed by atoms with Crippen LogP contribution in [0.15, 0.2) is 41.8 Å². The first-order chi connectivity index (χ1) is 12.1. The third kappa shape index (κ3) is 4.03. The van der Waals surface area contributed by atoms with Crippen molar-refractivity contribution in [3.63, 3.8) is 0 Å². The van der Waals surface area contributed by atoms with Crippen LogP contribution in [-0.4, -0.2) is 23.1 Å². The molecule has 0 atom stereocenters. The summed E-state index contributed by atoms with van der Waals surface area (Å²) in [6.45, 7) is 2.48. The number of carbonyl (C=O) groups excluding carboxylic acids is 2. The van der Waals surface area contributed by atoms with Crippen LogP contribution in [0.25, 0.3) is 10.2 Å². The molecule has 0 fully saturated rings. The largest absolute Gasteiger partial charge is 0.461 e. The van der Waals surface area contributed by atoms with E-state index in [4.69, 9.17) is 16.3 Å². The number of benzene rings is 1. The number of amides is 1. The molecule has 1 aromatic carbocycles. The smallest absolute Gasteiger partial charge is 0.355 e. The van der Waals surface area contributed by atoms with Crippen molar-refractivity contribution in [2.75, 3.05) is 6.61 Å². The van der Waals surface area contributed by atoms with Crippen LogP contribution in [0.4, 0.5) is 0 Å². The number of hydrogen-bond donors (Lipinski definition) is 1. The van der Waals surface area contributed by atoms with Crippen LogP contribution in [0.1, 0.15) is 23.0 Å². The van der Waals surface area contributed by atoms with Gasteiger partial charge in [-0.25, -0.2) is 4.79 Å². The maximum absolute atomic E-state index is 12.4. The van der Waals surface area contributed by atoms with Crippen LogP contribution >= 0.6 is 22.9 Å². The van der Waals surface area contributed by atoms with E-state index in [0.29, 0.717) is 23.9 Å². The number of carbonyl (C=O) groups is 2. The third-order valence-electron chi connectivity index (χ3n) is 3.67. The Morgan fingerprint density at radius 3 is 2.88 bits per heavy atom. The molecular weight excluding hydrogens is 360 g/mol. The van der Waals surface area contributed by atoms with Gasteiger partial charge in [0.1, 0.15) is 17.1 Å². The Morgan fingerprint density at radius 1 is 1.28 bits per heavy atom. The highest BCUT2D eigenvalue weighted by atomic mass is 35.5. The van der Waals surface area contributed by atoms with Crippen LogP contribution in [0.5, 0.6) is 0 Å². The summed E-state index contributed by atoms with van der Waals surface area (Å²) in [6.07, 6.45) is 0. The number of nitrogens with zero attached hydrogens (tertiary/aromatic N) is 1. The Kier molecular flexibility index (Phi) is 5.40. The number of hydrogen-bond acceptors (Lipinski definition) is 4. The molecule has 0 aliphatic heterocycles. The lowest BCUT2D eigenvalue weighted by molar-refractivity contribution is -0.121. The van der Waals surface area contributed by atoms with Gasteiger partial charge in [0, 0.05) is 17.0 Å². The number of halogens is 1. The van der Waals surface area contributed by atoms with Crippen molar-refractivity contribution in [2.24, 2.45) is 0 Å². The summed E-state index contributed by atoms with van der Waals surface area (Å²) in [4.78, 5) is 25.4. The van der Waals surface area contributed by atoms with Crippen LogP contribution in [0.3, 0.4) is 0 Å². The first-order valence-corrected chi connectivity index (χ1v) is 9.09. The third-order valence-corrected chi connectivity index (χ3v) is 4.85. The number of fused-ring (bicyclic) bond motifs is 1. The average Bonchev–Trinajstić information content (AvgIpc) is 3.16. The molecule has 7 heteroatoms. The van der Waals surface area contributed by atoms with E-state index in [0.717, 1.165) is 15.8 Å². The van der Waals surface area contributed by atoms with Crippen molar-refractivity contribution in [1.82, 2.24) is 9.88 Å². The van der Waals surface area contributed by atoms with Crippen molar-refractivity contribution in [3.05, 3.63) is 58.1 Å². The van der Waals surface area contributed by atoms with E-state index >= 15 is 0 Å². The van der Waals surface area contributed by atoms with Gasteiger partial charge in [0.15, 0.2) is 0 Å². The van der Waals surface area contributed by atoms with Gasteiger partial charge < -0.3 is 14.6 Å². The molecule has 3 rings (SSSR count). The Hall–Kier alpha value is -2.31. The fraction of sp³-hybridized carbons (Fsp3) is 0.222. The van der Waals surface area contributed by atoms with E-state index < -0.39 is 5.97 Å². The zero-order valence-electron chi connectivity index (χ0n) is 13.6. The van der Waals surface area contributed by atoms with Crippen molar-refractivity contribution in [3.8, 4) is 0 Å². The zero-order chi connectivity index (χ0) is 17.8.